The van der Waals surface area contributed by atoms with Crippen molar-refractivity contribution in [2.75, 3.05) is 0 Å². The van der Waals surface area contributed by atoms with Gasteiger partial charge in [0.1, 0.15) is 18.2 Å². The van der Waals surface area contributed by atoms with Crippen LogP contribution in [0.5, 0.6) is 0 Å². The average Bonchev–Trinajstić information content (AvgIpc) is 2.65. The van der Waals surface area contributed by atoms with Gasteiger partial charge in [-0.3, -0.25) is 10.1 Å². The Bertz CT molecular complexity index is 844. The van der Waals surface area contributed by atoms with Gasteiger partial charge in [-0.05, 0) is 31.9 Å². The first-order chi connectivity index (χ1) is 13.6. The summed E-state index contributed by atoms with van der Waals surface area (Å²) in [5.41, 5.74) is 0.660. The number of non-ortho nitro benzene ring substituents is 1. The molecule has 1 N–H and O–H groups in total. The van der Waals surface area contributed by atoms with Crippen molar-refractivity contribution in [3.63, 3.8) is 0 Å². The number of esters is 1. The normalized spacial score (nSPS) is 12.0. The SMILES string of the molecule is CC(C)(C)OC(=O)NC(Cc1ccc([N+](=O)[O-])cc1)C(=O)OCc1ccccc1. The number of nitrogens with zero attached hydrogens (tertiary/aromatic N) is 1. The van der Waals surface area contributed by atoms with Gasteiger partial charge in [0, 0.05) is 18.6 Å². The Balaban J connectivity index is 2.09. The van der Waals surface area contributed by atoms with E-state index < -0.39 is 28.6 Å². The van der Waals surface area contributed by atoms with Crippen LogP contribution in [0.25, 0.3) is 0 Å². The summed E-state index contributed by atoms with van der Waals surface area (Å²) in [4.78, 5) is 35.0. The first-order valence-electron chi connectivity index (χ1n) is 9.07. The van der Waals surface area contributed by atoms with Crippen LogP contribution in [0, 0.1) is 10.1 Å². The third kappa shape index (κ3) is 7.61. The minimum atomic E-state index is -1.00. The Morgan fingerprint density at radius 2 is 1.66 bits per heavy atom. The van der Waals surface area contributed by atoms with Crippen molar-refractivity contribution >= 4 is 17.7 Å². The van der Waals surface area contributed by atoms with Crippen molar-refractivity contribution in [2.24, 2.45) is 0 Å². The lowest BCUT2D eigenvalue weighted by Crippen LogP contribution is -2.45. The number of ether oxygens (including phenoxy) is 2. The summed E-state index contributed by atoms with van der Waals surface area (Å²) in [5.74, 6) is -0.627. The van der Waals surface area contributed by atoms with Crippen LogP contribution < -0.4 is 5.32 Å². The summed E-state index contributed by atoms with van der Waals surface area (Å²) in [6.07, 6.45) is -0.647. The van der Waals surface area contributed by atoms with Gasteiger partial charge in [0.25, 0.3) is 5.69 Å². The van der Waals surface area contributed by atoms with Crippen LogP contribution in [0.4, 0.5) is 10.5 Å². The summed E-state index contributed by atoms with van der Waals surface area (Å²) in [6, 6.07) is 13.9. The predicted molar refractivity (Wildman–Crippen MR) is 106 cm³/mol. The second kappa shape index (κ2) is 9.68. The van der Waals surface area contributed by atoms with E-state index in [0.717, 1.165) is 5.56 Å². The fourth-order valence-electron chi connectivity index (χ4n) is 2.46. The molecule has 0 saturated carbocycles. The number of benzene rings is 2. The van der Waals surface area contributed by atoms with Crippen LogP contribution in [-0.2, 0) is 27.3 Å². The maximum absolute atomic E-state index is 12.6. The second-order valence-electron chi connectivity index (χ2n) is 7.42. The van der Waals surface area contributed by atoms with Crippen LogP contribution in [0.3, 0.4) is 0 Å². The van der Waals surface area contributed by atoms with Crippen molar-refractivity contribution < 1.29 is 24.0 Å². The maximum Gasteiger partial charge on any atom is 0.408 e. The third-order valence-corrected chi connectivity index (χ3v) is 3.79. The van der Waals surface area contributed by atoms with E-state index >= 15 is 0 Å². The molecule has 2 rings (SSSR count). The number of hydrogen-bond acceptors (Lipinski definition) is 6. The summed E-state index contributed by atoms with van der Waals surface area (Å²) in [7, 11) is 0. The standard InChI is InChI=1S/C21H24N2O6/c1-21(2,3)29-20(25)22-18(13-15-9-11-17(12-10-15)23(26)27)19(24)28-14-16-7-5-4-6-8-16/h4-12,18H,13-14H2,1-3H3,(H,22,25). The highest BCUT2D eigenvalue weighted by atomic mass is 16.6. The van der Waals surface area contributed by atoms with Gasteiger partial charge in [-0.15, -0.1) is 0 Å². The zero-order valence-corrected chi connectivity index (χ0v) is 16.6. The zero-order valence-electron chi connectivity index (χ0n) is 16.6. The van der Waals surface area contributed by atoms with Gasteiger partial charge in [0.2, 0.25) is 0 Å². The number of rotatable bonds is 7. The molecule has 29 heavy (non-hydrogen) atoms. The number of alkyl carbamates (subject to hydrolysis) is 1. The molecule has 0 aromatic heterocycles. The summed E-state index contributed by atoms with van der Waals surface area (Å²) in [5, 5.41) is 13.3. The minimum absolute atomic E-state index is 0.0583. The van der Waals surface area contributed by atoms with E-state index in [1.165, 1.54) is 24.3 Å². The third-order valence-electron chi connectivity index (χ3n) is 3.79. The summed E-state index contributed by atoms with van der Waals surface area (Å²) < 4.78 is 10.6. The molecule has 1 amide bonds. The van der Waals surface area contributed by atoms with Crippen LogP contribution in [-0.4, -0.2) is 28.6 Å². The zero-order chi connectivity index (χ0) is 21.4. The van der Waals surface area contributed by atoms with E-state index in [4.69, 9.17) is 9.47 Å². The molecule has 8 nitrogen and oxygen atoms in total. The van der Waals surface area contributed by atoms with Gasteiger partial charge in [0.05, 0.1) is 4.92 Å². The molecule has 8 heteroatoms. The molecule has 2 aromatic carbocycles. The Morgan fingerprint density at radius 1 is 1.03 bits per heavy atom. The van der Waals surface area contributed by atoms with Gasteiger partial charge in [-0.1, -0.05) is 42.5 Å². The highest BCUT2D eigenvalue weighted by Gasteiger charge is 2.26. The molecule has 0 heterocycles. The molecule has 0 fully saturated rings. The molecule has 1 atom stereocenters. The van der Waals surface area contributed by atoms with E-state index in [2.05, 4.69) is 5.32 Å². The molecule has 0 saturated heterocycles. The minimum Gasteiger partial charge on any atom is -0.459 e. The number of nitro groups is 1. The second-order valence-corrected chi connectivity index (χ2v) is 7.42. The van der Waals surface area contributed by atoms with Gasteiger partial charge in [0.15, 0.2) is 0 Å². The van der Waals surface area contributed by atoms with Crippen molar-refractivity contribution in [1.29, 1.82) is 0 Å². The lowest BCUT2D eigenvalue weighted by molar-refractivity contribution is -0.384. The molecule has 2 aromatic rings. The van der Waals surface area contributed by atoms with E-state index in [1.54, 1.807) is 20.8 Å². The van der Waals surface area contributed by atoms with Crippen molar-refractivity contribution in [3.8, 4) is 0 Å². The Morgan fingerprint density at radius 3 is 2.21 bits per heavy atom. The lowest BCUT2D eigenvalue weighted by Gasteiger charge is -2.23. The molecule has 0 aliphatic rings. The van der Waals surface area contributed by atoms with Gasteiger partial charge < -0.3 is 14.8 Å². The van der Waals surface area contributed by atoms with Gasteiger partial charge in [-0.2, -0.15) is 0 Å². The molecular formula is C21H24N2O6. The number of nitro benzene ring substituents is 1. The fourth-order valence-corrected chi connectivity index (χ4v) is 2.46. The molecule has 0 radical (unpaired) electrons. The van der Waals surface area contributed by atoms with Crippen LogP contribution >= 0.6 is 0 Å². The van der Waals surface area contributed by atoms with Gasteiger partial charge in [-0.25, -0.2) is 9.59 Å². The quantitative estimate of drug-likeness (QED) is 0.431. The lowest BCUT2D eigenvalue weighted by atomic mass is 10.1. The first kappa shape index (κ1) is 21.9. The largest absolute Gasteiger partial charge is 0.459 e. The Hall–Kier alpha value is -3.42. The number of amides is 1. The van der Waals surface area contributed by atoms with Gasteiger partial charge >= 0.3 is 12.1 Å². The molecule has 0 aliphatic heterocycles. The smallest absolute Gasteiger partial charge is 0.408 e. The Kier molecular flexibility index (Phi) is 7.30. The average molecular weight is 400 g/mol. The monoisotopic (exact) mass is 400 g/mol. The molecule has 1 unspecified atom stereocenters. The van der Waals surface area contributed by atoms with Crippen LogP contribution in [0.15, 0.2) is 54.6 Å². The predicted octanol–water partition coefficient (Wildman–Crippen LogP) is 3.77. The topological polar surface area (TPSA) is 108 Å². The molecule has 0 bridgehead atoms. The van der Waals surface area contributed by atoms with Crippen molar-refractivity contribution in [1.82, 2.24) is 5.32 Å². The summed E-state index contributed by atoms with van der Waals surface area (Å²) >= 11 is 0. The van der Waals surface area contributed by atoms with E-state index in [1.807, 2.05) is 30.3 Å². The van der Waals surface area contributed by atoms with Crippen LogP contribution in [0.1, 0.15) is 31.9 Å². The number of carbonyl (C=O) groups is 2. The number of nitrogens with one attached hydrogen (secondary N) is 1. The molecular weight excluding hydrogens is 376 g/mol. The van der Waals surface area contributed by atoms with Crippen molar-refractivity contribution in [2.45, 2.75) is 45.4 Å². The highest BCUT2D eigenvalue weighted by molar-refractivity contribution is 5.81. The number of hydrogen-bond donors (Lipinski definition) is 1. The highest BCUT2D eigenvalue weighted by Crippen LogP contribution is 2.15. The number of carbonyl (C=O) groups excluding carboxylic acids is 2. The Labute approximate surface area is 169 Å². The fraction of sp³-hybridized carbons (Fsp3) is 0.333. The molecule has 0 aliphatic carbocycles. The van der Waals surface area contributed by atoms with E-state index in [9.17, 15) is 19.7 Å². The van der Waals surface area contributed by atoms with Crippen LogP contribution in [0.2, 0.25) is 0 Å². The van der Waals surface area contributed by atoms with Crippen molar-refractivity contribution in [3.05, 3.63) is 75.8 Å². The maximum atomic E-state index is 12.6. The molecule has 154 valence electrons. The first-order valence-corrected chi connectivity index (χ1v) is 9.07. The van der Waals surface area contributed by atoms with E-state index in [0.29, 0.717) is 5.56 Å². The molecule has 0 spiro atoms. The van der Waals surface area contributed by atoms with E-state index in [-0.39, 0.29) is 18.7 Å². The summed E-state index contributed by atoms with van der Waals surface area (Å²) in [6.45, 7) is 5.20.